The van der Waals surface area contributed by atoms with Crippen LogP contribution < -0.4 is 11.1 Å². The van der Waals surface area contributed by atoms with Crippen molar-refractivity contribution in [2.24, 2.45) is 11.8 Å². The molecule has 0 unspecified atom stereocenters. The van der Waals surface area contributed by atoms with Gasteiger partial charge in [-0.25, -0.2) is 4.98 Å². The molecule has 1 saturated heterocycles. The van der Waals surface area contributed by atoms with Crippen LogP contribution in [0, 0.1) is 11.8 Å². The molecule has 1 atom stereocenters. The predicted octanol–water partition coefficient (Wildman–Crippen LogP) is 1.33. The second kappa shape index (κ2) is 5.07. The Balaban J connectivity index is 1.49. The first-order valence-corrected chi connectivity index (χ1v) is 6.97. The van der Waals surface area contributed by atoms with E-state index in [9.17, 15) is 4.79 Å². The fourth-order valence-corrected chi connectivity index (χ4v) is 2.59. The molecule has 3 rings (SSSR count). The van der Waals surface area contributed by atoms with Crippen LogP contribution in [0.15, 0.2) is 18.3 Å². The number of rotatable bonds is 4. The number of anilines is 2. The number of nitrogen functional groups attached to an aromatic ring is 1. The number of nitrogens with one attached hydrogen (secondary N) is 1. The maximum Gasteiger partial charge on any atom is 0.225 e. The van der Waals surface area contributed by atoms with Gasteiger partial charge in [-0.3, -0.25) is 4.79 Å². The largest absolute Gasteiger partial charge is 0.396 e. The lowest BCUT2D eigenvalue weighted by Crippen LogP contribution is -2.30. The van der Waals surface area contributed by atoms with E-state index in [1.54, 1.807) is 6.20 Å². The Kier molecular flexibility index (Phi) is 3.27. The van der Waals surface area contributed by atoms with Gasteiger partial charge in [-0.05, 0) is 37.3 Å². The molecule has 2 aliphatic rings. The normalized spacial score (nSPS) is 22.5. The van der Waals surface area contributed by atoms with Crippen LogP contribution in [0.25, 0.3) is 0 Å². The first-order chi connectivity index (χ1) is 9.24. The third kappa shape index (κ3) is 2.80. The quantitative estimate of drug-likeness (QED) is 0.857. The first kappa shape index (κ1) is 12.3. The van der Waals surface area contributed by atoms with Crippen molar-refractivity contribution >= 4 is 17.4 Å². The predicted molar refractivity (Wildman–Crippen MR) is 74.6 cm³/mol. The van der Waals surface area contributed by atoms with Crippen LogP contribution in [0.2, 0.25) is 0 Å². The lowest BCUT2D eigenvalue weighted by Gasteiger charge is -2.16. The number of nitrogens with zero attached hydrogens (tertiary/aromatic N) is 2. The van der Waals surface area contributed by atoms with Gasteiger partial charge in [0.25, 0.3) is 0 Å². The van der Waals surface area contributed by atoms with Gasteiger partial charge in [-0.2, -0.15) is 0 Å². The van der Waals surface area contributed by atoms with Gasteiger partial charge in [-0.15, -0.1) is 0 Å². The average molecular weight is 260 g/mol. The molecular weight excluding hydrogens is 240 g/mol. The van der Waals surface area contributed by atoms with Crippen LogP contribution in [-0.2, 0) is 4.79 Å². The fraction of sp³-hybridized carbons (Fsp3) is 0.571. The third-order valence-corrected chi connectivity index (χ3v) is 3.92. The summed E-state index contributed by atoms with van der Waals surface area (Å²) in [5.41, 5.74) is 6.51. The Morgan fingerprint density at radius 3 is 3.05 bits per heavy atom. The summed E-state index contributed by atoms with van der Waals surface area (Å²) in [5.74, 6) is 1.94. The number of carbonyl (C=O) groups is 1. The van der Waals surface area contributed by atoms with Crippen LogP contribution in [0.1, 0.15) is 19.3 Å². The summed E-state index contributed by atoms with van der Waals surface area (Å²) in [4.78, 5) is 18.2. The molecule has 2 heterocycles. The fourth-order valence-electron chi connectivity index (χ4n) is 2.59. The number of hydrogen-bond acceptors (Lipinski definition) is 4. The van der Waals surface area contributed by atoms with Gasteiger partial charge in [0.15, 0.2) is 0 Å². The van der Waals surface area contributed by atoms with E-state index in [4.69, 9.17) is 5.73 Å². The van der Waals surface area contributed by atoms with Gasteiger partial charge >= 0.3 is 0 Å². The van der Waals surface area contributed by atoms with E-state index in [-0.39, 0.29) is 0 Å². The van der Waals surface area contributed by atoms with Crippen molar-refractivity contribution in [2.45, 2.75) is 19.3 Å². The zero-order valence-electron chi connectivity index (χ0n) is 11.0. The van der Waals surface area contributed by atoms with Crippen LogP contribution in [-0.4, -0.2) is 35.4 Å². The minimum absolute atomic E-state index is 0.332. The van der Waals surface area contributed by atoms with Gasteiger partial charge in [0.05, 0.1) is 5.69 Å². The second-order valence-electron chi connectivity index (χ2n) is 5.54. The maximum absolute atomic E-state index is 12.0. The molecule has 1 aromatic heterocycles. The molecule has 102 valence electrons. The van der Waals surface area contributed by atoms with Gasteiger partial charge in [0.2, 0.25) is 5.91 Å². The topological polar surface area (TPSA) is 71.2 Å². The summed E-state index contributed by atoms with van der Waals surface area (Å²) in [5, 5.41) is 3.29. The summed E-state index contributed by atoms with van der Waals surface area (Å²) in [7, 11) is 0. The number of pyridine rings is 1. The monoisotopic (exact) mass is 260 g/mol. The molecule has 1 aliphatic heterocycles. The Morgan fingerprint density at radius 2 is 2.32 bits per heavy atom. The van der Waals surface area contributed by atoms with E-state index in [0.29, 0.717) is 23.4 Å². The molecule has 5 nitrogen and oxygen atoms in total. The van der Waals surface area contributed by atoms with E-state index in [0.717, 1.165) is 44.7 Å². The summed E-state index contributed by atoms with van der Waals surface area (Å²) in [6.07, 6.45) is 4.97. The number of likely N-dealkylation sites (tertiary alicyclic amines) is 1. The Morgan fingerprint density at radius 1 is 1.47 bits per heavy atom. The summed E-state index contributed by atoms with van der Waals surface area (Å²) in [6.45, 7) is 2.60. The standard InChI is InChI=1S/C14H20N4O/c15-12-2-1-6-16-13(12)17-8-10-5-7-18(9-10)14(19)11-3-4-11/h1-2,6,10-11H,3-5,7-9,15H2,(H,16,17)/t10-/m0/s1. The highest BCUT2D eigenvalue weighted by Gasteiger charge is 2.36. The SMILES string of the molecule is Nc1cccnc1NC[C@@H]1CCN(C(=O)C2CC2)C1. The summed E-state index contributed by atoms with van der Waals surface area (Å²) >= 11 is 0. The van der Waals surface area contributed by atoms with Gasteiger partial charge < -0.3 is 16.0 Å². The van der Waals surface area contributed by atoms with Crippen LogP contribution >= 0.6 is 0 Å². The molecule has 1 saturated carbocycles. The molecule has 1 aliphatic carbocycles. The summed E-state index contributed by atoms with van der Waals surface area (Å²) < 4.78 is 0. The minimum atomic E-state index is 0.332. The Labute approximate surface area is 113 Å². The second-order valence-corrected chi connectivity index (χ2v) is 5.54. The number of amides is 1. The third-order valence-electron chi connectivity index (χ3n) is 3.92. The molecule has 0 radical (unpaired) electrons. The maximum atomic E-state index is 12.0. The van der Waals surface area contributed by atoms with Crippen molar-refractivity contribution in [1.29, 1.82) is 0 Å². The van der Waals surface area contributed by atoms with Gasteiger partial charge in [0, 0.05) is 31.7 Å². The van der Waals surface area contributed by atoms with Gasteiger partial charge in [0.1, 0.15) is 5.82 Å². The highest BCUT2D eigenvalue weighted by molar-refractivity contribution is 5.81. The van der Waals surface area contributed by atoms with Crippen molar-refractivity contribution in [2.75, 3.05) is 30.7 Å². The molecule has 0 spiro atoms. The van der Waals surface area contributed by atoms with E-state index < -0.39 is 0 Å². The molecule has 3 N–H and O–H groups in total. The Hall–Kier alpha value is -1.78. The van der Waals surface area contributed by atoms with E-state index in [2.05, 4.69) is 10.3 Å². The van der Waals surface area contributed by atoms with Crippen molar-refractivity contribution in [1.82, 2.24) is 9.88 Å². The lowest BCUT2D eigenvalue weighted by atomic mass is 10.1. The van der Waals surface area contributed by atoms with Crippen molar-refractivity contribution in [3.8, 4) is 0 Å². The van der Waals surface area contributed by atoms with E-state index in [1.165, 1.54) is 0 Å². The molecule has 1 amide bonds. The van der Waals surface area contributed by atoms with Crippen molar-refractivity contribution < 1.29 is 4.79 Å². The number of carbonyl (C=O) groups excluding carboxylic acids is 1. The molecule has 1 aromatic rings. The first-order valence-electron chi connectivity index (χ1n) is 6.97. The van der Waals surface area contributed by atoms with Gasteiger partial charge in [-0.1, -0.05) is 0 Å². The highest BCUT2D eigenvalue weighted by Crippen LogP contribution is 2.32. The average Bonchev–Trinajstić information content (AvgIpc) is 3.16. The smallest absolute Gasteiger partial charge is 0.225 e. The summed E-state index contributed by atoms with van der Waals surface area (Å²) in [6, 6.07) is 3.67. The molecule has 0 aromatic carbocycles. The molecule has 2 fully saturated rings. The molecule has 19 heavy (non-hydrogen) atoms. The zero-order valence-corrected chi connectivity index (χ0v) is 11.0. The van der Waals surface area contributed by atoms with Crippen LogP contribution in [0.4, 0.5) is 11.5 Å². The lowest BCUT2D eigenvalue weighted by molar-refractivity contribution is -0.131. The molecule has 0 bridgehead atoms. The minimum Gasteiger partial charge on any atom is -0.396 e. The van der Waals surface area contributed by atoms with Crippen LogP contribution in [0.5, 0.6) is 0 Å². The highest BCUT2D eigenvalue weighted by atomic mass is 16.2. The number of aromatic nitrogens is 1. The van der Waals surface area contributed by atoms with E-state index in [1.807, 2.05) is 17.0 Å². The molecule has 5 heteroatoms. The zero-order chi connectivity index (χ0) is 13.2. The Bertz CT molecular complexity index is 472. The van der Waals surface area contributed by atoms with E-state index >= 15 is 0 Å². The number of hydrogen-bond donors (Lipinski definition) is 2. The van der Waals surface area contributed by atoms with Crippen molar-refractivity contribution in [3.63, 3.8) is 0 Å². The number of nitrogens with two attached hydrogens (primary N) is 1. The molecular formula is C14H20N4O. The van der Waals surface area contributed by atoms with Crippen molar-refractivity contribution in [3.05, 3.63) is 18.3 Å². The van der Waals surface area contributed by atoms with Crippen LogP contribution in [0.3, 0.4) is 0 Å².